The van der Waals surface area contributed by atoms with Gasteiger partial charge in [-0.3, -0.25) is 9.48 Å². The second-order valence-corrected chi connectivity index (χ2v) is 5.64. The lowest BCUT2D eigenvalue weighted by molar-refractivity contribution is -0.124. The number of nitrogens with zero attached hydrogens (tertiary/aromatic N) is 2. The molecule has 4 nitrogen and oxygen atoms in total. The van der Waals surface area contributed by atoms with Gasteiger partial charge in [0.25, 0.3) is 0 Å². The largest absolute Gasteiger partial charge is 0.483 e. The van der Waals surface area contributed by atoms with Crippen molar-refractivity contribution in [2.75, 3.05) is 0 Å². The van der Waals surface area contributed by atoms with Gasteiger partial charge < -0.3 is 4.74 Å². The van der Waals surface area contributed by atoms with E-state index in [1.807, 2.05) is 6.92 Å². The van der Waals surface area contributed by atoms with Crippen LogP contribution in [-0.2, 0) is 18.3 Å². The third-order valence-corrected chi connectivity index (χ3v) is 3.89. The van der Waals surface area contributed by atoms with Crippen LogP contribution in [0.25, 0.3) is 0 Å². The molecule has 0 spiro atoms. The predicted octanol–water partition coefficient (Wildman–Crippen LogP) is 3.61. The molecular weight excluding hydrogens is 311 g/mol. The van der Waals surface area contributed by atoms with Crippen LogP contribution in [-0.4, -0.2) is 21.7 Å². The van der Waals surface area contributed by atoms with Gasteiger partial charge in [-0.05, 0) is 32.0 Å². The number of carbonyl (C=O) groups is 1. The van der Waals surface area contributed by atoms with Crippen LogP contribution in [0.3, 0.4) is 0 Å². The number of hydrogen-bond acceptors (Lipinski definition) is 3. The summed E-state index contributed by atoms with van der Waals surface area (Å²) in [7, 11) is 1.77. The average Bonchev–Trinajstić information content (AvgIpc) is 2.65. The Morgan fingerprint density at radius 1 is 1.43 bits per heavy atom. The summed E-state index contributed by atoms with van der Waals surface area (Å²) in [4.78, 5) is 12.3. The molecule has 6 heteroatoms. The molecule has 2 aromatic rings. The van der Waals surface area contributed by atoms with Gasteiger partial charge in [0.2, 0.25) is 0 Å². The molecule has 0 radical (unpaired) electrons. The first kappa shape index (κ1) is 15.9. The number of hydrogen-bond donors (Lipinski definition) is 0. The van der Waals surface area contributed by atoms with Gasteiger partial charge >= 0.3 is 0 Å². The molecule has 0 amide bonds. The number of aryl methyl sites for hydroxylation is 2. The molecule has 1 heterocycles. The van der Waals surface area contributed by atoms with Crippen LogP contribution >= 0.6 is 23.2 Å². The Morgan fingerprint density at radius 3 is 2.71 bits per heavy atom. The van der Waals surface area contributed by atoms with Gasteiger partial charge in [0.15, 0.2) is 11.9 Å². The molecule has 0 saturated heterocycles. The molecule has 1 aromatic carbocycles. The Hall–Kier alpha value is -1.52. The predicted molar refractivity (Wildman–Crippen MR) is 83.2 cm³/mol. The van der Waals surface area contributed by atoms with Crippen molar-refractivity contribution in [1.82, 2.24) is 9.78 Å². The first-order valence-corrected chi connectivity index (χ1v) is 7.27. The monoisotopic (exact) mass is 326 g/mol. The van der Waals surface area contributed by atoms with Gasteiger partial charge in [-0.25, -0.2) is 0 Å². The highest BCUT2D eigenvalue weighted by Gasteiger charge is 2.20. The molecule has 21 heavy (non-hydrogen) atoms. The van der Waals surface area contributed by atoms with Crippen LogP contribution in [0.4, 0.5) is 0 Å². The van der Waals surface area contributed by atoms with Gasteiger partial charge in [-0.15, -0.1) is 0 Å². The number of Topliss-reactive ketones (excluding diaryl/α,β-unsaturated/α-hetero) is 1. The van der Waals surface area contributed by atoms with E-state index in [1.54, 1.807) is 42.9 Å². The Balaban J connectivity index is 2.06. The van der Waals surface area contributed by atoms with Gasteiger partial charge in [0.05, 0.1) is 22.8 Å². The number of carbonyl (C=O) groups excluding carboxylic acids is 1. The zero-order valence-electron chi connectivity index (χ0n) is 12.1. The third kappa shape index (κ3) is 3.77. The number of aromatic nitrogens is 2. The topological polar surface area (TPSA) is 44.1 Å². The van der Waals surface area contributed by atoms with Crippen molar-refractivity contribution in [1.29, 1.82) is 0 Å². The lowest BCUT2D eigenvalue weighted by Crippen LogP contribution is -2.26. The minimum absolute atomic E-state index is 0.0696. The van der Waals surface area contributed by atoms with Crippen LogP contribution in [0, 0.1) is 6.92 Å². The van der Waals surface area contributed by atoms with Crippen molar-refractivity contribution >= 4 is 29.0 Å². The van der Waals surface area contributed by atoms with E-state index >= 15 is 0 Å². The second kappa shape index (κ2) is 6.50. The van der Waals surface area contributed by atoms with E-state index in [2.05, 4.69) is 5.10 Å². The average molecular weight is 327 g/mol. The molecule has 0 bridgehead atoms. The van der Waals surface area contributed by atoms with Gasteiger partial charge in [0, 0.05) is 12.1 Å². The van der Waals surface area contributed by atoms with Gasteiger partial charge in [-0.1, -0.05) is 29.3 Å². The lowest BCUT2D eigenvalue weighted by Gasteiger charge is -2.14. The molecule has 1 unspecified atom stereocenters. The summed E-state index contributed by atoms with van der Waals surface area (Å²) in [5.74, 6) is 0.496. The van der Waals surface area contributed by atoms with Crippen LogP contribution in [0.15, 0.2) is 24.3 Å². The summed E-state index contributed by atoms with van der Waals surface area (Å²) >= 11 is 12.0. The summed E-state index contributed by atoms with van der Waals surface area (Å²) in [6.45, 7) is 3.52. The molecule has 1 atom stereocenters. The zero-order chi connectivity index (χ0) is 15.6. The second-order valence-electron chi connectivity index (χ2n) is 4.83. The molecule has 0 fully saturated rings. The van der Waals surface area contributed by atoms with Crippen molar-refractivity contribution in [3.05, 3.63) is 45.7 Å². The minimum Gasteiger partial charge on any atom is -0.483 e. The Kier molecular flexibility index (Phi) is 4.91. The summed E-state index contributed by atoms with van der Waals surface area (Å²) in [5.41, 5.74) is 1.41. The van der Waals surface area contributed by atoms with Gasteiger partial charge in [-0.2, -0.15) is 5.10 Å². The maximum absolute atomic E-state index is 12.3. The molecule has 2 rings (SSSR count). The zero-order valence-corrected chi connectivity index (χ0v) is 13.6. The Labute approximate surface area is 133 Å². The molecule has 0 N–H and O–H groups in total. The first-order valence-electron chi connectivity index (χ1n) is 6.51. The number of halogens is 2. The quantitative estimate of drug-likeness (QED) is 0.842. The standard InChI is InChI=1S/C15H16Cl2N2O2/c1-9-15(17)13(19(3)18-9)8-14(20)10(2)21-12-6-4-5-11(16)7-12/h4-7,10H,8H2,1-3H3. The lowest BCUT2D eigenvalue weighted by atomic mass is 10.1. The highest BCUT2D eigenvalue weighted by atomic mass is 35.5. The smallest absolute Gasteiger partial charge is 0.178 e. The summed E-state index contributed by atoms with van der Waals surface area (Å²) < 4.78 is 7.24. The van der Waals surface area contributed by atoms with E-state index in [4.69, 9.17) is 27.9 Å². The first-order chi connectivity index (χ1) is 9.88. The van der Waals surface area contributed by atoms with Crippen molar-refractivity contribution < 1.29 is 9.53 Å². The van der Waals surface area contributed by atoms with E-state index in [0.717, 1.165) is 0 Å². The maximum atomic E-state index is 12.3. The van der Waals surface area contributed by atoms with Crippen molar-refractivity contribution in [3.63, 3.8) is 0 Å². The summed E-state index contributed by atoms with van der Waals surface area (Å²) in [5, 5.41) is 5.29. The van der Waals surface area contributed by atoms with E-state index < -0.39 is 6.10 Å². The molecule has 1 aromatic heterocycles. The fourth-order valence-corrected chi connectivity index (χ4v) is 2.40. The Morgan fingerprint density at radius 2 is 2.14 bits per heavy atom. The highest BCUT2D eigenvalue weighted by Crippen LogP contribution is 2.22. The highest BCUT2D eigenvalue weighted by molar-refractivity contribution is 6.32. The SMILES string of the molecule is Cc1nn(C)c(CC(=O)C(C)Oc2cccc(Cl)c2)c1Cl. The van der Waals surface area contributed by atoms with E-state index in [0.29, 0.717) is 27.2 Å². The van der Waals surface area contributed by atoms with Crippen LogP contribution < -0.4 is 4.74 Å². The molecular formula is C15H16Cl2N2O2. The number of benzene rings is 1. The van der Waals surface area contributed by atoms with Crippen molar-refractivity contribution in [3.8, 4) is 5.75 Å². The Bertz CT molecular complexity index is 668. The fourth-order valence-electron chi connectivity index (χ4n) is 1.99. The molecule has 112 valence electrons. The summed E-state index contributed by atoms with van der Waals surface area (Å²) in [6.07, 6.45) is -0.410. The minimum atomic E-state index is -0.588. The fraction of sp³-hybridized carbons (Fsp3) is 0.333. The molecule has 0 aliphatic heterocycles. The molecule has 0 saturated carbocycles. The molecule has 0 aliphatic carbocycles. The van der Waals surface area contributed by atoms with Gasteiger partial charge in [0.1, 0.15) is 5.75 Å². The van der Waals surface area contributed by atoms with Crippen LogP contribution in [0.5, 0.6) is 5.75 Å². The van der Waals surface area contributed by atoms with E-state index in [-0.39, 0.29) is 12.2 Å². The maximum Gasteiger partial charge on any atom is 0.178 e. The van der Waals surface area contributed by atoms with Crippen molar-refractivity contribution in [2.24, 2.45) is 7.05 Å². The molecule has 0 aliphatic rings. The van der Waals surface area contributed by atoms with Crippen LogP contribution in [0.2, 0.25) is 10.0 Å². The number of ketones is 1. The van der Waals surface area contributed by atoms with Crippen molar-refractivity contribution in [2.45, 2.75) is 26.4 Å². The third-order valence-electron chi connectivity index (χ3n) is 3.17. The van der Waals surface area contributed by atoms with E-state index in [1.165, 1.54) is 0 Å². The van der Waals surface area contributed by atoms with E-state index in [9.17, 15) is 4.79 Å². The summed E-state index contributed by atoms with van der Waals surface area (Å²) in [6, 6.07) is 6.96. The number of rotatable bonds is 5. The normalized spacial score (nSPS) is 12.2. The number of ether oxygens (including phenoxy) is 1. The van der Waals surface area contributed by atoms with Crippen LogP contribution in [0.1, 0.15) is 18.3 Å².